The van der Waals surface area contributed by atoms with E-state index in [9.17, 15) is 0 Å². The summed E-state index contributed by atoms with van der Waals surface area (Å²) in [6.45, 7) is 8.80. The van der Waals surface area contributed by atoms with Gasteiger partial charge in [-0.05, 0) is 50.1 Å². The summed E-state index contributed by atoms with van der Waals surface area (Å²) in [6, 6.07) is 4.35. The Morgan fingerprint density at radius 3 is 2.56 bits per heavy atom. The number of rotatable bonds is 2. The summed E-state index contributed by atoms with van der Waals surface area (Å²) in [5, 5.41) is 0.876. The quantitative estimate of drug-likeness (QED) is 0.718. The van der Waals surface area contributed by atoms with Crippen LogP contribution < -0.4 is 0 Å². The van der Waals surface area contributed by atoms with Crippen LogP contribution in [-0.4, -0.2) is 25.0 Å². The Morgan fingerprint density at radius 1 is 1.22 bits per heavy atom. The van der Waals surface area contributed by atoms with Gasteiger partial charge in [0.05, 0.1) is 0 Å². The third-order valence-corrected chi connectivity index (χ3v) is 4.42. The molecule has 1 heterocycles. The largest absolute Gasteiger partial charge is 0.302 e. The maximum absolute atomic E-state index is 6.17. The number of benzene rings is 1. The van der Waals surface area contributed by atoms with Crippen molar-refractivity contribution >= 4 is 11.6 Å². The molecule has 0 aliphatic carbocycles. The molecule has 1 aromatic carbocycles. The van der Waals surface area contributed by atoms with E-state index >= 15 is 0 Å². The van der Waals surface area contributed by atoms with Crippen LogP contribution in [0, 0.1) is 13.8 Å². The Balaban J connectivity index is 2.29. The maximum atomic E-state index is 6.17. The summed E-state index contributed by atoms with van der Waals surface area (Å²) < 4.78 is 0. The van der Waals surface area contributed by atoms with Crippen LogP contribution in [0.5, 0.6) is 0 Å². The molecule has 0 amide bonds. The smallest absolute Gasteiger partial charge is 0.0438 e. The van der Waals surface area contributed by atoms with Gasteiger partial charge in [-0.2, -0.15) is 0 Å². The molecule has 0 fully saturated rings. The van der Waals surface area contributed by atoms with Crippen LogP contribution in [0.3, 0.4) is 0 Å². The summed E-state index contributed by atoms with van der Waals surface area (Å²) in [5.41, 5.74) is 5.47. The van der Waals surface area contributed by atoms with Crippen LogP contribution in [0.15, 0.2) is 23.8 Å². The van der Waals surface area contributed by atoms with E-state index in [0.717, 1.165) is 11.6 Å². The second-order valence-electron chi connectivity index (χ2n) is 5.47. The Hall–Kier alpha value is -0.790. The van der Waals surface area contributed by atoms with Gasteiger partial charge in [-0.15, -0.1) is 0 Å². The molecule has 1 atom stereocenters. The molecular weight excluding hydrogens is 242 g/mol. The van der Waals surface area contributed by atoms with Crippen LogP contribution in [-0.2, 0) is 0 Å². The molecule has 0 saturated carbocycles. The van der Waals surface area contributed by atoms with Crippen molar-refractivity contribution in [3.63, 3.8) is 0 Å². The van der Waals surface area contributed by atoms with Crippen LogP contribution in [0.25, 0.3) is 0 Å². The molecule has 0 radical (unpaired) electrons. The Morgan fingerprint density at radius 2 is 1.94 bits per heavy atom. The zero-order chi connectivity index (χ0) is 13.3. The molecule has 0 N–H and O–H groups in total. The van der Waals surface area contributed by atoms with E-state index in [1.54, 1.807) is 5.57 Å². The zero-order valence-electron chi connectivity index (χ0n) is 11.8. The van der Waals surface area contributed by atoms with Gasteiger partial charge in [0.1, 0.15) is 0 Å². The highest BCUT2D eigenvalue weighted by Crippen LogP contribution is 2.32. The zero-order valence-corrected chi connectivity index (χ0v) is 12.5. The highest BCUT2D eigenvalue weighted by molar-refractivity contribution is 6.31. The van der Waals surface area contributed by atoms with Gasteiger partial charge in [0.2, 0.25) is 0 Å². The lowest BCUT2D eigenvalue weighted by Gasteiger charge is -2.27. The molecule has 0 spiro atoms. The van der Waals surface area contributed by atoms with Gasteiger partial charge in [-0.25, -0.2) is 0 Å². The van der Waals surface area contributed by atoms with Gasteiger partial charge >= 0.3 is 0 Å². The summed E-state index contributed by atoms with van der Waals surface area (Å²) in [4.78, 5) is 2.36. The number of hydrogen-bond donors (Lipinski definition) is 0. The van der Waals surface area contributed by atoms with Crippen molar-refractivity contribution in [2.24, 2.45) is 0 Å². The number of nitrogens with zero attached hydrogens (tertiary/aromatic N) is 1. The highest BCUT2D eigenvalue weighted by atomic mass is 35.5. The minimum atomic E-state index is 0.509. The van der Waals surface area contributed by atoms with E-state index in [2.05, 4.69) is 50.9 Å². The fourth-order valence-corrected chi connectivity index (χ4v) is 2.87. The van der Waals surface area contributed by atoms with Crippen LogP contribution in [0.1, 0.15) is 36.0 Å². The number of halogens is 1. The molecule has 0 saturated heterocycles. The Bertz CT molecular complexity index is 476. The van der Waals surface area contributed by atoms with E-state index in [0.29, 0.717) is 5.92 Å². The molecule has 1 aliphatic heterocycles. The summed E-state index contributed by atoms with van der Waals surface area (Å²) in [6.07, 6.45) is 3.57. The number of aryl methyl sites for hydroxylation is 2. The van der Waals surface area contributed by atoms with Crippen molar-refractivity contribution < 1.29 is 0 Å². The summed E-state index contributed by atoms with van der Waals surface area (Å²) in [5.74, 6) is 0.509. The highest BCUT2D eigenvalue weighted by Gasteiger charge is 2.17. The summed E-state index contributed by atoms with van der Waals surface area (Å²) >= 11 is 6.17. The molecule has 1 aromatic rings. The third kappa shape index (κ3) is 2.78. The lowest BCUT2D eigenvalue weighted by atomic mass is 9.86. The normalized spacial score (nSPS) is 18.6. The van der Waals surface area contributed by atoms with Gasteiger partial charge in [-0.3, -0.25) is 0 Å². The van der Waals surface area contributed by atoms with E-state index in [1.165, 1.54) is 29.7 Å². The fraction of sp³-hybridized carbons (Fsp3) is 0.500. The van der Waals surface area contributed by atoms with Gasteiger partial charge < -0.3 is 4.90 Å². The molecule has 0 bridgehead atoms. The first-order chi connectivity index (χ1) is 8.49. The van der Waals surface area contributed by atoms with Crippen molar-refractivity contribution in [2.45, 2.75) is 33.1 Å². The van der Waals surface area contributed by atoms with Crippen molar-refractivity contribution in [1.82, 2.24) is 4.90 Å². The average molecular weight is 264 g/mol. The van der Waals surface area contributed by atoms with E-state index in [1.807, 2.05) is 0 Å². The number of likely N-dealkylation sites (N-methyl/N-ethyl adjacent to an activating group) is 1. The topological polar surface area (TPSA) is 3.24 Å². The van der Waals surface area contributed by atoms with E-state index < -0.39 is 0 Å². The SMILES string of the molecule is Cc1cc([C@@H](C)C2=CCN(C)CC2)c(C)cc1Cl. The van der Waals surface area contributed by atoms with Crippen molar-refractivity contribution in [3.05, 3.63) is 45.5 Å². The van der Waals surface area contributed by atoms with Gasteiger partial charge in [0, 0.05) is 24.0 Å². The molecule has 2 rings (SSSR count). The van der Waals surface area contributed by atoms with E-state index in [-0.39, 0.29) is 0 Å². The second-order valence-corrected chi connectivity index (χ2v) is 5.88. The van der Waals surface area contributed by atoms with Crippen molar-refractivity contribution in [3.8, 4) is 0 Å². The molecule has 0 unspecified atom stereocenters. The molecule has 1 aliphatic rings. The maximum Gasteiger partial charge on any atom is 0.0438 e. The predicted molar refractivity (Wildman–Crippen MR) is 79.5 cm³/mol. The fourth-order valence-electron chi connectivity index (χ4n) is 2.65. The summed E-state index contributed by atoms with van der Waals surface area (Å²) in [7, 11) is 2.18. The lowest BCUT2D eigenvalue weighted by Crippen LogP contribution is -2.25. The predicted octanol–water partition coefficient (Wildman–Crippen LogP) is 4.32. The number of hydrogen-bond acceptors (Lipinski definition) is 1. The first kappa shape index (κ1) is 13.6. The van der Waals surface area contributed by atoms with Gasteiger partial charge in [0.15, 0.2) is 0 Å². The molecular formula is C16H22ClN. The van der Waals surface area contributed by atoms with Crippen LogP contribution in [0.2, 0.25) is 5.02 Å². The first-order valence-corrected chi connectivity index (χ1v) is 7.01. The molecule has 0 aromatic heterocycles. The average Bonchev–Trinajstić information content (AvgIpc) is 2.34. The third-order valence-electron chi connectivity index (χ3n) is 4.02. The Labute approximate surface area is 115 Å². The minimum absolute atomic E-state index is 0.509. The van der Waals surface area contributed by atoms with E-state index in [4.69, 9.17) is 11.6 Å². The standard InChI is InChI=1S/C16H22ClN/c1-11-10-16(17)12(2)9-15(11)13(3)14-5-7-18(4)8-6-14/h5,9-10,13H,6-8H2,1-4H3/t13-/m0/s1. The van der Waals surface area contributed by atoms with Crippen LogP contribution in [0.4, 0.5) is 0 Å². The van der Waals surface area contributed by atoms with Gasteiger partial charge in [0.25, 0.3) is 0 Å². The van der Waals surface area contributed by atoms with Crippen molar-refractivity contribution in [2.75, 3.05) is 20.1 Å². The molecule has 2 heteroatoms. The monoisotopic (exact) mass is 263 g/mol. The Kier molecular flexibility index (Phi) is 4.14. The minimum Gasteiger partial charge on any atom is -0.302 e. The lowest BCUT2D eigenvalue weighted by molar-refractivity contribution is 0.354. The molecule has 18 heavy (non-hydrogen) atoms. The molecule has 98 valence electrons. The van der Waals surface area contributed by atoms with Crippen molar-refractivity contribution in [1.29, 1.82) is 0 Å². The van der Waals surface area contributed by atoms with Gasteiger partial charge in [-0.1, -0.05) is 36.2 Å². The second kappa shape index (κ2) is 5.46. The first-order valence-electron chi connectivity index (χ1n) is 6.63. The van der Waals surface area contributed by atoms with Crippen LogP contribution >= 0.6 is 11.6 Å². The molecule has 1 nitrogen and oxygen atoms in total.